The van der Waals surface area contributed by atoms with Gasteiger partial charge in [0, 0.05) is 4.90 Å². The number of alkyl halides is 4. The summed E-state index contributed by atoms with van der Waals surface area (Å²) in [4.78, 5) is 4.02. The number of oxazole rings is 1. The fourth-order valence-corrected chi connectivity index (χ4v) is 1.90. The average Bonchev–Trinajstić information content (AvgIpc) is 2.57. The molecule has 0 amide bonds. The van der Waals surface area contributed by atoms with Crippen molar-refractivity contribution in [3.05, 3.63) is 24.1 Å². The van der Waals surface area contributed by atoms with E-state index in [1.54, 1.807) is 0 Å². The number of halogens is 4. The third-order valence-corrected chi connectivity index (χ3v) is 2.70. The molecule has 1 heterocycles. The Morgan fingerprint density at radius 3 is 2.75 bits per heavy atom. The van der Waals surface area contributed by atoms with Gasteiger partial charge in [-0.1, -0.05) is 0 Å². The molecule has 0 aliphatic rings. The maximum Gasteiger partial charge on any atom is 0.446 e. The number of rotatable bonds is 2. The van der Waals surface area contributed by atoms with Gasteiger partial charge in [-0.15, -0.1) is 11.6 Å². The van der Waals surface area contributed by atoms with Crippen molar-refractivity contribution in [2.75, 3.05) is 0 Å². The van der Waals surface area contributed by atoms with Gasteiger partial charge in [-0.25, -0.2) is 4.98 Å². The molecule has 0 saturated carbocycles. The van der Waals surface area contributed by atoms with E-state index in [2.05, 4.69) is 4.98 Å². The van der Waals surface area contributed by atoms with Crippen LogP contribution in [0.1, 0.15) is 5.89 Å². The van der Waals surface area contributed by atoms with Crippen molar-refractivity contribution in [2.24, 2.45) is 0 Å². The van der Waals surface area contributed by atoms with Crippen LogP contribution in [-0.2, 0) is 5.88 Å². The number of benzene rings is 1. The molecule has 2 nitrogen and oxygen atoms in total. The molecule has 16 heavy (non-hydrogen) atoms. The Morgan fingerprint density at radius 1 is 1.38 bits per heavy atom. The van der Waals surface area contributed by atoms with Crippen LogP contribution in [0.5, 0.6) is 0 Å². The predicted molar refractivity (Wildman–Crippen MR) is 55.5 cm³/mol. The maximum atomic E-state index is 12.1. The van der Waals surface area contributed by atoms with Crippen molar-refractivity contribution in [2.45, 2.75) is 16.3 Å². The number of fused-ring (bicyclic) bond motifs is 1. The number of hydrogen-bond donors (Lipinski definition) is 0. The first-order valence-corrected chi connectivity index (χ1v) is 5.54. The molecule has 0 bridgehead atoms. The van der Waals surface area contributed by atoms with E-state index in [1.807, 2.05) is 0 Å². The van der Waals surface area contributed by atoms with Crippen LogP contribution < -0.4 is 0 Å². The van der Waals surface area contributed by atoms with E-state index in [1.165, 1.54) is 18.2 Å². The van der Waals surface area contributed by atoms with Crippen LogP contribution in [0.2, 0.25) is 0 Å². The molecule has 0 spiro atoms. The minimum absolute atomic E-state index is 0.0782. The molecular formula is C9H5ClF3NOS. The quantitative estimate of drug-likeness (QED) is 0.603. The van der Waals surface area contributed by atoms with Crippen LogP contribution in [0.3, 0.4) is 0 Å². The number of thioether (sulfide) groups is 1. The fraction of sp³-hybridized carbons (Fsp3) is 0.222. The Hall–Kier alpha value is -0.880. The molecular weight excluding hydrogens is 263 g/mol. The summed E-state index contributed by atoms with van der Waals surface area (Å²) in [6, 6.07) is 4.11. The molecule has 2 rings (SSSR count). The van der Waals surface area contributed by atoms with Crippen molar-refractivity contribution in [3.8, 4) is 0 Å². The zero-order valence-electron chi connectivity index (χ0n) is 7.71. The number of hydrogen-bond acceptors (Lipinski definition) is 3. The van der Waals surface area contributed by atoms with Crippen molar-refractivity contribution in [1.82, 2.24) is 4.98 Å². The Bertz CT molecular complexity index is 511. The van der Waals surface area contributed by atoms with Gasteiger partial charge in [0.15, 0.2) is 5.58 Å². The van der Waals surface area contributed by atoms with Gasteiger partial charge < -0.3 is 4.42 Å². The van der Waals surface area contributed by atoms with Crippen molar-refractivity contribution >= 4 is 34.5 Å². The first-order valence-electron chi connectivity index (χ1n) is 4.19. The summed E-state index contributed by atoms with van der Waals surface area (Å²) in [7, 11) is 0. The molecule has 0 N–H and O–H groups in total. The highest BCUT2D eigenvalue weighted by molar-refractivity contribution is 8.00. The van der Waals surface area contributed by atoms with Gasteiger partial charge >= 0.3 is 5.51 Å². The van der Waals surface area contributed by atoms with E-state index in [9.17, 15) is 13.2 Å². The molecule has 0 aliphatic heterocycles. The van der Waals surface area contributed by atoms with Crippen LogP contribution >= 0.6 is 23.4 Å². The summed E-state index contributed by atoms with van der Waals surface area (Å²) in [5.41, 5.74) is -3.49. The lowest BCUT2D eigenvalue weighted by Crippen LogP contribution is -1.98. The minimum atomic E-state index is -4.30. The molecule has 1 aromatic heterocycles. The number of aromatic nitrogens is 1. The molecule has 1 aromatic carbocycles. The van der Waals surface area contributed by atoms with Crippen LogP contribution in [0, 0.1) is 0 Å². The van der Waals surface area contributed by atoms with Crippen LogP contribution in [0.4, 0.5) is 13.2 Å². The van der Waals surface area contributed by atoms with Crippen LogP contribution in [0.15, 0.2) is 27.5 Å². The van der Waals surface area contributed by atoms with Gasteiger partial charge in [0.1, 0.15) is 5.52 Å². The fourth-order valence-electron chi connectivity index (χ4n) is 1.21. The first-order chi connectivity index (χ1) is 7.48. The molecule has 0 atom stereocenters. The highest BCUT2D eigenvalue weighted by atomic mass is 35.5. The normalized spacial score (nSPS) is 12.2. The Balaban J connectivity index is 2.36. The van der Waals surface area contributed by atoms with E-state index in [-0.39, 0.29) is 22.5 Å². The van der Waals surface area contributed by atoms with Crippen LogP contribution in [-0.4, -0.2) is 10.5 Å². The summed E-state index contributed by atoms with van der Waals surface area (Å²) in [5, 5.41) is 0. The third-order valence-electron chi connectivity index (χ3n) is 1.75. The van der Waals surface area contributed by atoms with Crippen molar-refractivity contribution in [1.29, 1.82) is 0 Å². The molecule has 0 radical (unpaired) electrons. The zero-order valence-corrected chi connectivity index (χ0v) is 9.29. The Kier molecular flexibility index (Phi) is 3.03. The maximum absolute atomic E-state index is 12.1. The van der Waals surface area contributed by atoms with Gasteiger partial charge in [-0.3, -0.25) is 0 Å². The lowest BCUT2D eigenvalue weighted by Gasteiger charge is -2.04. The van der Waals surface area contributed by atoms with Crippen molar-refractivity contribution in [3.63, 3.8) is 0 Å². The van der Waals surface area contributed by atoms with Gasteiger partial charge in [0.05, 0.1) is 5.88 Å². The Morgan fingerprint density at radius 2 is 2.12 bits per heavy atom. The summed E-state index contributed by atoms with van der Waals surface area (Å²) >= 11 is 5.32. The van der Waals surface area contributed by atoms with Gasteiger partial charge in [0.25, 0.3) is 0 Å². The summed E-state index contributed by atoms with van der Waals surface area (Å²) in [6.45, 7) is 0. The second-order valence-electron chi connectivity index (χ2n) is 2.92. The van der Waals surface area contributed by atoms with E-state index in [0.717, 1.165) is 0 Å². The van der Waals surface area contributed by atoms with E-state index in [4.69, 9.17) is 16.0 Å². The van der Waals surface area contributed by atoms with E-state index >= 15 is 0 Å². The third kappa shape index (κ3) is 2.62. The second-order valence-corrected chi connectivity index (χ2v) is 4.32. The van der Waals surface area contributed by atoms with E-state index in [0.29, 0.717) is 17.0 Å². The smallest absolute Gasteiger partial charge is 0.439 e. The summed E-state index contributed by atoms with van der Waals surface area (Å²) in [6.07, 6.45) is 0. The topological polar surface area (TPSA) is 26.0 Å². The lowest BCUT2D eigenvalue weighted by molar-refractivity contribution is -0.0328. The van der Waals surface area contributed by atoms with Crippen LogP contribution in [0.25, 0.3) is 11.1 Å². The molecule has 0 aliphatic carbocycles. The van der Waals surface area contributed by atoms with Gasteiger partial charge in [-0.05, 0) is 30.0 Å². The highest BCUT2D eigenvalue weighted by Crippen LogP contribution is 2.37. The summed E-state index contributed by atoms with van der Waals surface area (Å²) < 4.78 is 41.5. The summed E-state index contributed by atoms with van der Waals surface area (Å²) in [5.74, 6) is 0.391. The second kappa shape index (κ2) is 4.18. The molecule has 7 heteroatoms. The van der Waals surface area contributed by atoms with Gasteiger partial charge in [-0.2, -0.15) is 13.2 Å². The zero-order chi connectivity index (χ0) is 11.8. The standard InChI is InChI=1S/C9H5ClF3NOS/c10-4-8-14-6-3-5(16-9(11,12)13)1-2-7(6)15-8/h1-3H,4H2. The largest absolute Gasteiger partial charge is 0.446 e. The average molecular weight is 268 g/mol. The molecule has 2 aromatic rings. The molecule has 0 saturated heterocycles. The minimum Gasteiger partial charge on any atom is -0.439 e. The van der Waals surface area contributed by atoms with Gasteiger partial charge in [0.2, 0.25) is 5.89 Å². The Labute approximate surface area is 97.8 Å². The molecule has 0 unspecified atom stereocenters. The van der Waals surface area contributed by atoms with Crippen molar-refractivity contribution < 1.29 is 17.6 Å². The monoisotopic (exact) mass is 267 g/mol. The predicted octanol–water partition coefficient (Wildman–Crippen LogP) is 4.18. The SMILES string of the molecule is FC(F)(F)Sc1ccc2oc(CCl)nc2c1. The van der Waals surface area contributed by atoms with E-state index < -0.39 is 5.51 Å². The molecule has 0 fully saturated rings. The highest BCUT2D eigenvalue weighted by Gasteiger charge is 2.29. The molecule has 86 valence electrons. The number of nitrogens with zero attached hydrogens (tertiary/aromatic N) is 1. The lowest BCUT2D eigenvalue weighted by atomic mass is 10.3. The first kappa shape index (κ1) is 11.6.